The van der Waals surface area contributed by atoms with Gasteiger partial charge >= 0.3 is 11.9 Å². The number of hydrogen-bond acceptors (Lipinski definition) is 5. The molecule has 0 rings (SSSR count). The number of ether oxygens (including phenoxy) is 3. The standard InChI is InChI=1S/C14H24O5/c1-7-17-12(15)8-11(9-18-14(4,5)6)19-13(16)10(2)3/h11H,2,7-9H2,1,3-6H3. The maximum atomic E-state index is 11.5. The van der Waals surface area contributed by atoms with Gasteiger partial charge in [-0.3, -0.25) is 4.79 Å². The summed E-state index contributed by atoms with van der Waals surface area (Å²) in [6, 6.07) is 0. The average molecular weight is 272 g/mol. The molecule has 0 spiro atoms. The first-order valence-corrected chi connectivity index (χ1v) is 6.31. The van der Waals surface area contributed by atoms with Crippen LogP contribution in [-0.2, 0) is 23.8 Å². The molecule has 0 N–H and O–H groups in total. The molecule has 5 nitrogen and oxygen atoms in total. The summed E-state index contributed by atoms with van der Waals surface area (Å²) in [6.07, 6.45) is -0.689. The number of rotatable bonds is 7. The maximum Gasteiger partial charge on any atom is 0.333 e. The van der Waals surface area contributed by atoms with Crippen LogP contribution in [0, 0.1) is 0 Å². The largest absolute Gasteiger partial charge is 0.466 e. The average Bonchev–Trinajstić information content (AvgIpc) is 2.24. The van der Waals surface area contributed by atoms with Crippen molar-refractivity contribution in [2.75, 3.05) is 13.2 Å². The van der Waals surface area contributed by atoms with Crippen LogP contribution >= 0.6 is 0 Å². The third kappa shape index (κ3) is 9.25. The molecule has 19 heavy (non-hydrogen) atoms. The van der Waals surface area contributed by atoms with Gasteiger partial charge in [0.2, 0.25) is 0 Å². The van der Waals surface area contributed by atoms with Gasteiger partial charge in [-0.25, -0.2) is 4.79 Å². The Balaban J connectivity index is 4.50. The van der Waals surface area contributed by atoms with Gasteiger partial charge in [-0.15, -0.1) is 0 Å². The zero-order valence-corrected chi connectivity index (χ0v) is 12.4. The molecule has 0 aromatic carbocycles. The van der Waals surface area contributed by atoms with Crippen LogP contribution in [0.25, 0.3) is 0 Å². The molecule has 1 atom stereocenters. The smallest absolute Gasteiger partial charge is 0.333 e. The molecule has 0 aromatic rings. The molecule has 0 radical (unpaired) electrons. The maximum absolute atomic E-state index is 11.5. The summed E-state index contributed by atoms with van der Waals surface area (Å²) in [5, 5.41) is 0. The molecule has 0 fully saturated rings. The highest BCUT2D eigenvalue weighted by molar-refractivity contribution is 5.87. The predicted octanol–water partition coefficient (Wildman–Crippen LogP) is 2.24. The van der Waals surface area contributed by atoms with Crippen molar-refractivity contribution in [3.05, 3.63) is 12.2 Å². The SMILES string of the molecule is C=C(C)C(=O)OC(COC(C)(C)C)CC(=O)OCC. The van der Waals surface area contributed by atoms with Crippen LogP contribution in [0.4, 0.5) is 0 Å². The quantitative estimate of drug-likeness (QED) is 0.525. The molecular weight excluding hydrogens is 248 g/mol. The minimum Gasteiger partial charge on any atom is -0.466 e. The van der Waals surface area contributed by atoms with Crippen molar-refractivity contribution >= 4 is 11.9 Å². The van der Waals surface area contributed by atoms with Gasteiger partial charge in [0.25, 0.3) is 0 Å². The third-order valence-electron chi connectivity index (χ3n) is 2.02. The van der Waals surface area contributed by atoms with Crippen molar-refractivity contribution < 1.29 is 23.8 Å². The molecule has 1 unspecified atom stereocenters. The first-order chi connectivity index (χ1) is 8.65. The lowest BCUT2D eigenvalue weighted by Gasteiger charge is -2.24. The van der Waals surface area contributed by atoms with Gasteiger partial charge in [-0.2, -0.15) is 0 Å². The van der Waals surface area contributed by atoms with Crippen LogP contribution < -0.4 is 0 Å². The molecule has 0 heterocycles. The minimum absolute atomic E-state index is 0.0249. The Kier molecular flexibility index (Phi) is 7.37. The van der Waals surface area contributed by atoms with E-state index >= 15 is 0 Å². The summed E-state index contributed by atoms with van der Waals surface area (Å²) in [4.78, 5) is 22.9. The van der Waals surface area contributed by atoms with Gasteiger partial charge in [-0.1, -0.05) is 6.58 Å². The van der Waals surface area contributed by atoms with E-state index in [9.17, 15) is 9.59 Å². The lowest BCUT2D eigenvalue weighted by Crippen LogP contribution is -2.32. The van der Waals surface area contributed by atoms with Crippen LogP contribution in [0.2, 0.25) is 0 Å². The van der Waals surface area contributed by atoms with E-state index in [1.807, 2.05) is 20.8 Å². The summed E-state index contributed by atoms with van der Waals surface area (Å²) >= 11 is 0. The minimum atomic E-state index is -0.664. The van der Waals surface area contributed by atoms with Crippen molar-refractivity contribution in [3.63, 3.8) is 0 Å². The summed E-state index contributed by atoms with van der Waals surface area (Å²) in [7, 11) is 0. The molecule has 0 amide bonds. The van der Waals surface area contributed by atoms with Gasteiger partial charge in [0.05, 0.1) is 25.2 Å². The predicted molar refractivity (Wildman–Crippen MR) is 71.6 cm³/mol. The molecule has 0 saturated carbocycles. The molecule has 0 aliphatic heterocycles. The number of carbonyl (C=O) groups is 2. The molecule has 5 heteroatoms. The molecule has 0 aliphatic carbocycles. The fourth-order valence-corrected chi connectivity index (χ4v) is 1.14. The highest BCUT2D eigenvalue weighted by Gasteiger charge is 2.22. The van der Waals surface area contributed by atoms with E-state index in [0.717, 1.165) is 0 Å². The fraction of sp³-hybridized carbons (Fsp3) is 0.714. The summed E-state index contributed by atoms with van der Waals surface area (Å²) in [5.74, 6) is -0.952. The van der Waals surface area contributed by atoms with Crippen LogP contribution in [0.15, 0.2) is 12.2 Å². The van der Waals surface area contributed by atoms with Crippen molar-refractivity contribution in [1.29, 1.82) is 0 Å². The molecular formula is C14H24O5. The first kappa shape index (κ1) is 17.6. The Morgan fingerprint density at radius 1 is 1.26 bits per heavy atom. The zero-order valence-electron chi connectivity index (χ0n) is 12.4. The first-order valence-electron chi connectivity index (χ1n) is 6.31. The number of esters is 2. The van der Waals surface area contributed by atoms with E-state index in [0.29, 0.717) is 6.61 Å². The fourth-order valence-electron chi connectivity index (χ4n) is 1.14. The van der Waals surface area contributed by atoms with E-state index in [4.69, 9.17) is 14.2 Å². The molecule has 0 aromatic heterocycles. The van der Waals surface area contributed by atoms with Crippen molar-refractivity contribution in [2.24, 2.45) is 0 Å². The second kappa shape index (κ2) is 7.94. The molecule has 0 saturated heterocycles. The topological polar surface area (TPSA) is 61.8 Å². The van der Waals surface area contributed by atoms with Gasteiger partial charge in [0.1, 0.15) is 6.10 Å². The van der Waals surface area contributed by atoms with Crippen molar-refractivity contribution in [2.45, 2.75) is 52.7 Å². The van der Waals surface area contributed by atoms with Gasteiger partial charge in [-0.05, 0) is 34.6 Å². The van der Waals surface area contributed by atoms with Gasteiger partial charge < -0.3 is 14.2 Å². The van der Waals surface area contributed by atoms with E-state index in [1.165, 1.54) is 0 Å². The normalized spacial score (nSPS) is 12.7. The summed E-state index contributed by atoms with van der Waals surface area (Å²) in [5.41, 5.74) is -0.0904. The number of carbonyl (C=O) groups excluding carboxylic acids is 2. The van der Waals surface area contributed by atoms with Crippen LogP contribution in [0.3, 0.4) is 0 Å². The van der Waals surface area contributed by atoms with Crippen LogP contribution in [0.1, 0.15) is 41.0 Å². The van der Waals surface area contributed by atoms with E-state index < -0.39 is 18.0 Å². The van der Waals surface area contributed by atoms with Gasteiger partial charge in [0, 0.05) is 5.57 Å². The van der Waals surface area contributed by atoms with Gasteiger partial charge in [0.15, 0.2) is 0 Å². The third-order valence-corrected chi connectivity index (χ3v) is 2.02. The Morgan fingerprint density at radius 2 is 1.84 bits per heavy atom. The van der Waals surface area contributed by atoms with Crippen molar-refractivity contribution in [3.8, 4) is 0 Å². The second-order valence-electron chi connectivity index (χ2n) is 5.24. The molecule has 0 bridgehead atoms. The van der Waals surface area contributed by atoms with Crippen LogP contribution in [0.5, 0.6) is 0 Å². The Morgan fingerprint density at radius 3 is 2.26 bits per heavy atom. The van der Waals surface area contributed by atoms with E-state index in [-0.39, 0.29) is 24.2 Å². The molecule has 110 valence electrons. The van der Waals surface area contributed by atoms with Crippen molar-refractivity contribution in [1.82, 2.24) is 0 Å². The second-order valence-corrected chi connectivity index (χ2v) is 5.24. The van der Waals surface area contributed by atoms with Crippen LogP contribution in [-0.4, -0.2) is 36.9 Å². The summed E-state index contributed by atoms with van der Waals surface area (Å²) in [6.45, 7) is 12.9. The Hall–Kier alpha value is -1.36. The Bertz CT molecular complexity index is 327. The lowest BCUT2D eigenvalue weighted by molar-refractivity contribution is -0.158. The van der Waals surface area contributed by atoms with E-state index in [1.54, 1.807) is 13.8 Å². The zero-order chi connectivity index (χ0) is 15.1. The van der Waals surface area contributed by atoms with E-state index in [2.05, 4.69) is 6.58 Å². The molecule has 0 aliphatic rings. The lowest BCUT2D eigenvalue weighted by atomic mass is 10.2. The summed E-state index contributed by atoms with van der Waals surface area (Å²) < 4.78 is 15.5. The highest BCUT2D eigenvalue weighted by atomic mass is 16.6. The monoisotopic (exact) mass is 272 g/mol. The highest BCUT2D eigenvalue weighted by Crippen LogP contribution is 2.12. The Labute approximate surface area is 114 Å². The number of hydrogen-bond donors (Lipinski definition) is 0.